The summed E-state index contributed by atoms with van der Waals surface area (Å²) in [7, 11) is 1.60. The fourth-order valence-electron chi connectivity index (χ4n) is 4.64. The number of benzene rings is 2. The van der Waals surface area contributed by atoms with Crippen molar-refractivity contribution in [2.75, 3.05) is 18.6 Å². The minimum Gasteiger partial charge on any atom is -0.497 e. The summed E-state index contributed by atoms with van der Waals surface area (Å²) in [5.41, 5.74) is 1.75. The van der Waals surface area contributed by atoms with Gasteiger partial charge in [0.2, 0.25) is 5.91 Å². The summed E-state index contributed by atoms with van der Waals surface area (Å²) in [5, 5.41) is 0. The third-order valence-electron chi connectivity index (χ3n) is 6.37. The van der Waals surface area contributed by atoms with Crippen LogP contribution in [0.5, 0.6) is 5.75 Å². The normalized spacial score (nSPS) is 25.7. The van der Waals surface area contributed by atoms with Gasteiger partial charge in [0.05, 0.1) is 25.2 Å². The van der Waals surface area contributed by atoms with E-state index < -0.39 is 42.5 Å². The third-order valence-corrected chi connectivity index (χ3v) is 6.37. The summed E-state index contributed by atoms with van der Waals surface area (Å²) >= 11 is 0. The first-order valence-corrected chi connectivity index (χ1v) is 12.1. The molecule has 6 atom stereocenters. The van der Waals surface area contributed by atoms with E-state index in [0.29, 0.717) is 5.75 Å². The first-order valence-electron chi connectivity index (χ1n) is 12.1. The maximum Gasteiger partial charge on any atom is 0.303 e. The number of hydrogen-bond donors (Lipinski definition) is 0. The van der Waals surface area contributed by atoms with Crippen LogP contribution in [0.25, 0.3) is 0 Å². The second kappa shape index (κ2) is 11.6. The fourth-order valence-corrected chi connectivity index (χ4v) is 4.64. The number of carbonyl (C=O) groups excluding carboxylic acids is 3. The third kappa shape index (κ3) is 6.00. The fraction of sp³-hybridized carbons (Fsp3) is 0.393. The van der Waals surface area contributed by atoms with Gasteiger partial charge in [0.15, 0.2) is 6.29 Å². The monoisotopic (exact) mass is 509 g/mol. The first-order chi connectivity index (χ1) is 17.8. The molecule has 2 aliphatic heterocycles. The van der Waals surface area contributed by atoms with Crippen molar-refractivity contribution in [3.05, 3.63) is 72.3 Å². The van der Waals surface area contributed by atoms with Crippen LogP contribution in [0.1, 0.15) is 32.4 Å². The Balaban J connectivity index is 1.52. The number of esters is 2. The van der Waals surface area contributed by atoms with Crippen LogP contribution in [0, 0.1) is 5.92 Å². The van der Waals surface area contributed by atoms with Gasteiger partial charge in [-0.1, -0.05) is 30.3 Å². The van der Waals surface area contributed by atoms with E-state index in [1.54, 1.807) is 24.2 Å². The molecule has 0 bridgehead atoms. The Hall–Kier alpha value is -3.69. The highest BCUT2D eigenvalue weighted by Crippen LogP contribution is 2.46. The predicted molar refractivity (Wildman–Crippen MR) is 134 cm³/mol. The molecule has 0 unspecified atom stereocenters. The largest absolute Gasteiger partial charge is 0.497 e. The molecule has 4 rings (SSSR count). The zero-order valence-corrected chi connectivity index (χ0v) is 21.2. The van der Waals surface area contributed by atoms with Crippen molar-refractivity contribution in [3.63, 3.8) is 0 Å². The smallest absolute Gasteiger partial charge is 0.303 e. The van der Waals surface area contributed by atoms with Crippen LogP contribution in [0.2, 0.25) is 0 Å². The minimum absolute atomic E-state index is 0.0689. The number of rotatable bonds is 9. The number of nitrogens with zero attached hydrogens (tertiary/aromatic N) is 1. The molecule has 2 aromatic rings. The highest BCUT2D eigenvalue weighted by molar-refractivity contribution is 6.03. The number of anilines is 1. The molecule has 1 saturated heterocycles. The van der Waals surface area contributed by atoms with Gasteiger partial charge in [-0.05, 0) is 48.9 Å². The Kier molecular flexibility index (Phi) is 8.25. The predicted octanol–water partition coefficient (Wildman–Crippen LogP) is 3.58. The van der Waals surface area contributed by atoms with Crippen LogP contribution >= 0.6 is 0 Å². The van der Waals surface area contributed by atoms with Crippen molar-refractivity contribution in [2.24, 2.45) is 5.92 Å². The van der Waals surface area contributed by atoms with Crippen LogP contribution < -0.4 is 9.64 Å². The van der Waals surface area contributed by atoms with E-state index in [9.17, 15) is 14.4 Å². The average molecular weight is 510 g/mol. The van der Waals surface area contributed by atoms with Crippen molar-refractivity contribution in [1.82, 2.24) is 0 Å². The molecule has 0 radical (unpaired) electrons. The molecule has 0 saturated carbocycles. The first kappa shape index (κ1) is 26.4. The van der Waals surface area contributed by atoms with Gasteiger partial charge in [0, 0.05) is 19.5 Å². The quantitative estimate of drug-likeness (QED) is 0.287. The number of ether oxygens (including phenoxy) is 5. The molecule has 0 N–H and O–H groups in total. The zero-order chi connectivity index (χ0) is 26.5. The lowest BCUT2D eigenvalue weighted by Crippen LogP contribution is -2.60. The van der Waals surface area contributed by atoms with Crippen molar-refractivity contribution < 1.29 is 38.1 Å². The number of carbonyl (C=O) groups is 3. The molecular weight excluding hydrogens is 478 g/mol. The standard InChI is InChI=1S/C28H31NO8/c1-17(35-25-15-14-23(36-19(3)31)24(37-25)16-34-18(2)30)26-27(20-8-6-5-7-9-20)29(28(26)32)21-10-12-22(33-4)13-11-21/h5-15,17,23-27H,16H2,1-4H3/t17-,23+,24-,25+,26-,27+/m1/s1. The van der Waals surface area contributed by atoms with Gasteiger partial charge in [-0.2, -0.15) is 0 Å². The van der Waals surface area contributed by atoms with Crippen molar-refractivity contribution in [2.45, 2.75) is 51.4 Å². The van der Waals surface area contributed by atoms with E-state index in [2.05, 4.69) is 0 Å². The highest BCUT2D eigenvalue weighted by atomic mass is 16.7. The molecule has 0 aromatic heterocycles. The minimum atomic E-state index is -0.818. The maximum absolute atomic E-state index is 13.4. The summed E-state index contributed by atoms with van der Waals surface area (Å²) < 4.78 is 27.7. The van der Waals surface area contributed by atoms with Crippen LogP contribution in [0.15, 0.2) is 66.7 Å². The zero-order valence-electron chi connectivity index (χ0n) is 21.2. The Morgan fingerprint density at radius 1 is 1.00 bits per heavy atom. The van der Waals surface area contributed by atoms with Gasteiger partial charge in [0.1, 0.15) is 24.6 Å². The topological polar surface area (TPSA) is 101 Å². The number of hydrogen-bond acceptors (Lipinski definition) is 8. The lowest BCUT2D eigenvalue weighted by Gasteiger charge is -2.50. The van der Waals surface area contributed by atoms with E-state index in [1.165, 1.54) is 13.8 Å². The average Bonchev–Trinajstić information content (AvgIpc) is 2.87. The van der Waals surface area contributed by atoms with E-state index >= 15 is 0 Å². The molecular formula is C28H31NO8. The van der Waals surface area contributed by atoms with E-state index in [-0.39, 0.29) is 18.6 Å². The second-order valence-electron chi connectivity index (χ2n) is 8.93. The van der Waals surface area contributed by atoms with Crippen LogP contribution in [0.4, 0.5) is 5.69 Å². The Morgan fingerprint density at radius 3 is 2.32 bits per heavy atom. The molecule has 1 amide bonds. The van der Waals surface area contributed by atoms with E-state index in [0.717, 1.165) is 11.3 Å². The molecule has 196 valence electrons. The van der Waals surface area contributed by atoms with Crippen LogP contribution in [0.3, 0.4) is 0 Å². The second-order valence-corrected chi connectivity index (χ2v) is 8.93. The van der Waals surface area contributed by atoms with Gasteiger partial charge in [-0.15, -0.1) is 0 Å². The lowest BCUT2D eigenvalue weighted by molar-refractivity contribution is -0.216. The lowest BCUT2D eigenvalue weighted by atomic mass is 9.78. The van der Waals surface area contributed by atoms with Gasteiger partial charge in [-0.25, -0.2) is 0 Å². The molecule has 9 heteroatoms. The molecule has 0 spiro atoms. The number of β-lactam (4-membered cyclic amide) rings is 1. The molecule has 37 heavy (non-hydrogen) atoms. The van der Waals surface area contributed by atoms with Gasteiger partial charge >= 0.3 is 11.9 Å². The van der Waals surface area contributed by atoms with Crippen LogP contribution in [-0.4, -0.2) is 56.2 Å². The van der Waals surface area contributed by atoms with Crippen molar-refractivity contribution in [3.8, 4) is 5.75 Å². The molecule has 2 heterocycles. The highest BCUT2D eigenvalue weighted by Gasteiger charge is 2.52. The number of amides is 1. The van der Waals surface area contributed by atoms with Crippen molar-refractivity contribution in [1.29, 1.82) is 0 Å². The molecule has 2 aromatic carbocycles. The summed E-state index contributed by atoms with van der Waals surface area (Å²) in [4.78, 5) is 38.0. The van der Waals surface area contributed by atoms with Gasteiger partial charge in [0.25, 0.3) is 0 Å². The Labute approximate surface area is 215 Å². The Morgan fingerprint density at radius 2 is 1.70 bits per heavy atom. The van der Waals surface area contributed by atoms with Gasteiger partial charge in [-0.3, -0.25) is 14.4 Å². The molecule has 0 aliphatic carbocycles. The molecule has 1 fully saturated rings. The SMILES string of the molecule is COc1ccc(N2C(=O)[C@H]([C@@H](C)O[C@@H]3C=C[C@H](OC(C)=O)[C@@H](COC(C)=O)O3)[C@@H]2c2ccccc2)cc1. The number of methoxy groups -OCH3 is 1. The van der Waals surface area contributed by atoms with Crippen LogP contribution in [-0.2, 0) is 33.3 Å². The summed E-state index contributed by atoms with van der Waals surface area (Å²) in [6.45, 7) is 4.31. The summed E-state index contributed by atoms with van der Waals surface area (Å²) in [6, 6.07) is 16.9. The summed E-state index contributed by atoms with van der Waals surface area (Å²) in [5.74, 6) is -0.781. The van der Waals surface area contributed by atoms with E-state index in [4.69, 9.17) is 23.7 Å². The van der Waals surface area contributed by atoms with Gasteiger partial charge < -0.3 is 28.6 Å². The molecule has 2 aliphatic rings. The van der Waals surface area contributed by atoms with E-state index in [1.807, 2.05) is 61.5 Å². The summed E-state index contributed by atoms with van der Waals surface area (Å²) in [6.07, 6.45) is 0.490. The molecule has 9 nitrogen and oxygen atoms in total. The van der Waals surface area contributed by atoms with Crippen molar-refractivity contribution >= 4 is 23.5 Å². The Bertz CT molecular complexity index is 1130. The maximum atomic E-state index is 13.4.